The summed E-state index contributed by atoms with van der Waals surface area (Å²) in [6.07, 6.45) is -0.796. The van der Waals surface area contributed by atoms with Gasteiger partial charge in [0.15, 0.2) is 0 Å². The predicted octanol–water partition coefficient (Wildman–Crippen LogP) is 2.25. The Morgan fingerprint density at radius 1 is 1.15 bits per heavy atom. The zero-order valence-electron chi connectivity index (χ0n) is 13.9. The number of fused-ring (bicyclic) bond motifs is 1. The van der Waals surface area contributed by atoms with E-state index >= 15 is 0 Å². The van der Waals surface area contributed by atoms with E-state index in [0.717, 1.165) is 5.69 Å². The number of benzene rings is 2. The molecule has 2 heterocycles. The predicted molar refractivity (Wildman–Crippen MR) is 93.4 cm³/mol. The number of rotatable bonds is 3. The van der Waals surface area contributed by atoms with Gasteiger partial charge in [0.25, 0.3) is 11.6 Å². The topological polar surface area (TPSA) is 93.9 Å². The van der Waals surface area contributed by atoms with E-state index in [2.05, 4.69) is 10.2 Å². The molecule has 0 saturated carbocycles. The number of nitrogens with zero attached hydrogens (tertiary/aromatic N) is 2. The minimum atomic E-state index is -0.796. The van der Waals surface area contributed by atoms with Crippen LogP contribution in [0.25, 0.3) is 0 Å². The number of nitro benzene ring substituents is 1. The third kappa shape index (κ3) is 2.95. The highest BCUT2D eigenvalue weighted by Gasteiger charge is 2.30. The summed E-state index contributed by atoms with van der Waals surface area (Å²) < 4.78 is 11.3. The van der Waals surface area contributed by atoms with Gasteiger partial charge >= 0.3 is 0 Å². The highest BCUT2D eigenvalue weighted by Crippen LogP contribution is 2.35. The first-order valence-corrected chi connectivity index (χ1v) is 8.31. The number of nitro groups is 1. The molecule has 1 N–H and O–H groups in total. The zero-order valence-corrected chi connectivity index (χ0v) is 13.9. The summed E-state index contributed by atoms with van der Waals surface area (Å²) in [4.78, 5) is 25.3. The standard InChI is InChI=1S/C18H17N3O5/c22-17-13-3-1-2-4-16(13)26-18(19-17)14-11-12(21(23)24)5-6-15(14)20-7-9-25-10-8-20/h1-6,11,18H,7-10H2,(H,19,22)/t18-/m1/s1. The molecule has 0 aromatic heterocycles. The smallest absolute Gasteiger partial charge is 0.270 e. The van der Waals surface area contributed by atoms with Crippen LogP contribution in [0.3, 0.4) is 0 Å². The molecule has 0 aliphatic carbocycles. The molecule has 8 nitrogen and oxygen atoms in total. The van der Waals surface area contributed by atoms with Gasteiger partial charge in [-0.15, -0.1) is 0 Å². The Morgan fingerprint density at radius 2 is 1.92 bits per heavy atom. The highest BCUT2D eigenvalue weighted by molar-refractivity contribution is 5.98. The van der Waals surface area contributed by atoms with E-state index in [1.165, 1.54) is 12.1 Å². The third-order valence-corrected chi connectivity index (χ3v) is 4.49. The number of nitrogens with one attached hydrogen (secondary N) is 1. The van der Waals surface area contributed by atoms with Crippen molar-refractivity contribution in [2.24, 2.45) is 0 Å². The largest absolute Gasteiger partial charge is 0.465 e. The SMILES string of the molecule is O=C1N[C@@H](c2cc([N+](=O)[O-])ccc2N2CCOCC2)Oc2ccccc21. The van der Waals surface area contributed by atoms with Crippen LogP contribution in [0, 0.1) is 10.1 Å². The van der Waals surface area contributed by atoms with Crippen molar-refractivity contribution in [1.29, 1.82) is 0 Å². The lowest BCUT2D eigenvalue weighted by Crippen LogP contribution is -2.40. The molecule has 2 aromatic rings. The number of para-hydroxylation sites is 1. The molecule has 0 radical (unpaired) electrons. The van der Waals surface area contributed by atoms with E-state index in [1.54, 1.807) is 30.3 Å². The van der Waals surface area contributed by atoms with Gasteiger partial charge in [-0.1, -0.05) is 12.1 Å². The lowest BCUT2D eigenvalue weighted by Gasteiger charge is -2.34. The average molecular weight is 355 g/mol. The summed E-state index contributed by atoms with van der Waals surface area (Å²) in [6, 6.07) is 11.6. The molecule has 4 rings (SSSR count). The number of non-ortho nitro benzene ring substituents is 1. The molecule has 1 saturated heterocycles. The van der Waals surface area contributed by atoms with Crippen molar-refractivity contribution in [1.82, 2.24) is 5.32 Å². The molecule has 2 aliphatic heterocycles. The Kier molecular flexibility index (Phi) is 4.18. The Hall–Kier alpha value is -3.13. The average Bonchev–Trinajstić information content (AvgIpc) is 2.68. The molecule has 0 spiro atoms. The van der Waals surface area contributed by atoms with Gasteiger partial charge in [0.1, 0.15) is 5.75 Å². The molecule has 8 heteroatoms. The lowest BCUT2D eigenvalue weighted by atomic mass is 10.1. The van der Waals surface area contributed by atoms with Gasteiger partial charge in [0, 0.05) is 36.5 Å². The van der Waals surface area contributed by atoms with Crippen LogP contribution in [0.1, 0.15) is 22.1 Å². The fourth-order valence-electron chi connectivity index (χ4n) is 3.21. The molecule has 2 aliphatic rings. The van der Waals surface area contributed by atoms with Crippen molar-refractivity contribution in [3.63, 3.8) is 0 Å². The number of anilines is 1. The van der Waals surface area contributed by atoms with Gasteiger partial charge in [-0.25, -0.2) is 0 Å². The number of hydrogen-bond acceptors (Lipinski definition) is 6. The maximum atomic E-state index is 12.4. The monoisotopic (exact) mass is 355 g/mol. The fourth-order valence-corrected chi connectivity index (χ4v) is 3.21. The maximum Gasteiger partial charge on any atom is 0.270 e. The molecule has 1 atom stereocenters. The maximum absolute atomic E-state index is 12.4. The van der Waals surface area contributed by atoms with Crippen molar-refractivity contribution in [3.8, 4) is 5.75 Å². The molecular weight excluding hydrogens is 338 g/mol. The van der Waals surface area contributed by atoms with Gasteiger partial charge in [-0.3, -0.25) is 14.9 Å². The van der Waals surface area contributed by atoms with E-state index in [-0.39, 0.29) is 11.6 Å². The second-order valence-electron chi connectivity index (χ2n) is 6.07. The van der Waals surface area contributed by atoms with Crippen LogP contribution in [-0.4, -0.2) is 37.1 Å². The Morgan fingerprint density at radius 3 is 2.69 bits per heavy atom. The molecular formula is C18H17N3O5. The van der Waals surface area contributed by atoms with E-state index in [4.69, 9.17) is 9.47 Å². The molecule has 1 fully saturated rings. The summed E-state index contributed by atoms with van der Waals surface area (Å²) >= 11 is 0. The summed E-state index contributed by atoms with van der Waals surface area (Å²) in [7, 11) is 0. The molecule has 1 amide bonds. The van der Waals surface area contributed by atoms with Crippen molar-refractivity contribution < 1.29 is 19.2 Å². The van der Waals surface area contributed by atoms with Crippen LogP contribution in [0.15, 0.2) is 42.5 Å². The van der Waals surface area contributed by atoms with Gasteiger partial charge < -0.3 is 19.7 Å². The summed E-state index contributed by atoms with van der Waals surface area (Å²) in [5.41, 5.74) is 1.75. The van der Waals surface area contributed by atoms with Gasteiger partial charge in [0.05, 0.1) is 23.7 Å². The van der Waals surface area contributed by atoms with E-state index in [0.29, 0.717) is 43.2 Å². The molecule has 2 aromatic carbocycles. The number of carbonyl (C=O) groups excluding carboxylic acids is 1. The van der Waals surface area contributed by atoms with Gasteiger partial charge in [-0.2, -0.15) is 0 Å². The van der Waals surface area contributed by atoms with Gasteiger partial charge in [-0.05, 0) is 18.2 Å². The van der Waals surface area contributed by atoms with Crippen molar-refractivity contribution in [2.75, 3.05) is 31.2 Å². The van der Waals surface area contributed by atoms with E-state index < -0.39 is 11.2 Å². The first-order valence-electron chi connectivity index (χ1n) is 8.31. The summed E-state index contributed by atoms with van der Waals surface area (Å²) in [6.45, 7) is 2.50. The van der Waals surface area contributed by atoms with Crippen LogP contribution < -0.4 is 15.0 Å². The first kappa shape index (κ1) is 16.3. The summed E-state index contributed by atoms with van der Waals surface area (Å²) in [5, 5.41) is 14.0. The number of morpholine rings is 1. The molecule has 26 heavy (non-hydrogen) atoms. The fraction of sp³-hybridized carbons (Fsp3) is 0.278. The molecule has 134 valence electrons. The minimum Gasteiger partial charge on any atom is -0.465 e. The highest BCUT2D eigenvalue weighted by atomic mass is 16.6. The van der Waals surface area contributed by atoms with Crippen LogP contribution in [-0.2, 0) is 4.74 Å². The first-order chi connectivity index (χ1) is 12.6. The normalized spacial score (nSPS) is 19.3. The van der Waals surface area contributed by atoms with E-state index in [1.807, 2.05) is 0 Å². The Bertz CT molecular complexity index is 864. The number of amides is 1. The van der Waals surface area contributed by atoms with Gasteiger partial charge in [0.2, 0.25) is 6.23 Å². The number of hydrogen-bond donors (Lipinski definition) is 1. The Labute approximate surface area is 149 Å². The number of ether oxygens (including phenoxy) is 2. The lowest BCUT2D eigenvalue weighted by molar-refractivity contribution is -0.385. The summed E-state index contributed by atoms with van der Waals surface area (Å²) in [5.74, 6) is 0.192. The van der Waals surface area contributed by atoms with Crippen LogP contribution in [0.4, 0.5) is 11.4 Å². The van der Waals surface area contributed by atoms with Crippen LogP contribution >= 0.6 is 0 Å². The number of carbonyl (C=O) groups is 1. The van der Waals surface area contributed by atoms with Crippen molar-refractivity contribution in [3.05, 3.63) is 63.7 Å². The second-order valence-corrected chi connectivity index (χ2v) is 6.07. The van der Waals surface area contributed by atoms with Crippen LogP contribution in [0.5, 0.6) is 5.75 Å². The molecule has 0 bridgehead atoms. The Balaban J connectivity index is 1.75. The van der Waals surface area contributed by atoms with Crippen LogP contribution in [0.2, 0.25) is 0 Å². The van der Waals surface area contributed by atoms with Crippen molar-refractivity contribution in [2.45, 2.75) is 6.23 Å². The van der Waals surface area contributed by atoms with E-state index in [9.17, 15) is 14.9 Å². The minimum absolute atomic E-state index is 0.0475. The molecule has 0 unspecified atom stereocenters. The third-order valence-electron chi connectivity index (χ3n) is 4.49. The second kappa shape index (κ2) is 6.64. The zero-order chi connectivity index (χ0) is 18.1. The van der Waals surface area contributed by atoms with Crippen molar-refractivity contribution >= 4 is 17.3 Å². The quantitative estimate of drug-likeness (QED) is 0.670.